The molecule has 0 aliphatic carbocycles. The molecule has 1 heterocycles. The molecule has 0 aliphatic heterocycles. The molecule has 0 atom stereocenters. The van der Waals surface area contributed by atoms with Gasteiger partial charge in [-0.3, -0.25) is 9.78 Å². The second-order valence-corrected chi connectivity index (χ2v) is 5.67. The fourth-order valence-electron chi connectivity index (χ4n) is 2.07. The molecule has 0 radical (unpaired) electrons. The van der Waals surface area contributed by atoms with Crippen LogP contribution in [-0.4, -0.2) is 27.4 Å². The van der Waals surface area contributed by atoms with Crippen LogP contribution in [0.4, 0.5) is 0 Å². The largest absolute Gasteiger partial charge is 0.507 e. The number of pyridine rings is 1. The van der Waals surface area contributed by atoms with E-state index >= 15 is 0 Å². The molecule has 0 bridgehead atoms. The van der Waals surface area contributed by atoms with Crippen molar-refractivity contribution in [2.45, 2.75) is 20.4 Å². The van der Waals surface area contributed by atoms with E-state index in [0.29, 0.717) is 18.7 Å². The molecule has 0 saturated heterocycles. The molecule has 1 N–H and O–H groups in total. The standard InChI is InChI=1S/C16H17BrN2O2/c1-3-19(10-13-6-4-5-11(2)18-13)16(21)14-8-7-12(17)9-15(14)20/h4-9,20H,3,10H2,1-2H3. The third-order valence-corrected chi connectivity index (χ3v) is 3.65. The van der Waals surface area contributed by atoms with Crippen LogP contribution in [-0.2, 0) is 6.54 Å². The Kier molecular flexibility index (Phi) is 4.96. The fraction of sp³-hybridized carbons (Fsp3) is 0.250. The van der Waals surface area contributed by atoms with E-state index in [1.165, 1.54) is 6.07 Å². The molecule has 0 saturated carbocycles. The van der Waals surface area contributed by atoms with Gasteiger partial charge in [-0.25, -0.2) is 0 Å². The van der Waals surface area contributed by atoms with E-state index in [9.17, 15) is 9.90 Å². The molecule has 1 aromatic heterocycles. The van der Waals surface area contributed by atoms with Gasteiger partial charge in [-0.05, 0) is 44.2 Å². The zero-order valence-corrected chi connectivity index (χ0v) is 13.6. The van der Waals surface area contributed by atoms with Crippen molar-refractivity contribution in [3.63, 3.8) is 0 Å². The second kappa shape index (κ2) is 6.72. The van der Waals surface area contributed by atoms with E-state index in [0.717, 1.165) is 15.9 Å². The maximum absolute atomic E-state index is 12.5. The molecule has 0 fully saturated rings. The summed E-state index contributed by atoms with van der Waals surface area (Å²) in [6, 6.07) is 10.6. The van der Waals surface area contributed by atoms with Crippen molar-refractivity contribution in [2.75, 3.05) is 6.54 Å². The van der Waals surface area contributed by atoms with E-state index < -0.39 is 0 Å². The van der Waals surface area contributed by atoms with Gasteiger partial charge in [-0.15, -0.1) is 0 Å². The van der Waals surface area contributed by atoms with Crippen LogP contribution < -0.4 is 0 Å². The number of aromatic hydroxyl groups is 1. The summed E-state index contributed by atoms with van der Waals surface area (Å²) in [5.41, 5.74) is 2.05. The van der Waals surface area contributed by atoms with Crippen LogP contribution in [0.2, 0.25) is 0 Å². The molecule has 5 heteroatoms. The minimum Gasteiger partial charge on any atom is -0.507 e. The van der Waals surface area contributed by atoms with Crippen LogP contribution >= 0.6 is 15.9 Å². The number of hydrogen-bond donors (Lipinski definition) is 1. The van der Waals surface area contributed by atoms with Gasteiger partial charge >= 0.3 is 0 Å². The summed E-state index contributed by atoms with van der Waals surface area (Å²) in [6.07, 6.45) is 0. The molecule has 0 unspecified atom stereocenters. The normalized spacial score (nSPS) is 10.4. The lowest BCUT2D eigenvalue weighted by Crippen LogP contribution is -2.30. The molecular weight excluding hydrogens is 332 g/mol. The number of nitrogens with zero attached hydrogens (tertiary/aromatic N) is 2. The number of halogens is 1. The number of phenols is 1. The quantitative estimate of drug-likeness (QED) is 0.919. The Hall–Kier alpha value is -1.88. The van der Waals surface area contributed by atoms with Gasteiger partial charge < -0.3 is 10.0 Å². The summed E-state index contributed by atoms with van der Waals surface area (Å²) in [5.74, 6) is -0.226. The van der Waals surface area contributed by atoms with E-state index in [1.807, 2.05) is 32.0 Å². The van der Waals surface area contributed by atoms with Gasteiger partial charge in [-0.1, -0.05) is 22.0 Å². The number of phenolic OH excluding ortho intramolecular Hbond substituents is 1. The molecule has 2 rings (SSSR count). The van der Waals surface area contributed by atoms with Crippen LogP contribution in [0.1, 0.15) is 28.7 Å². The number of amides is 1. The first-order valence-electron chi connectivity index (χ1n) is 6.71. The third kappa shape index (κ3) is 3.82. The first-order chi connectivity index (χ1) is 10.0. The lowest BCUT2D eigenvalue weighted by atomic mass is 10.1. The highest BCUT2D eigenvalue weighted by molar-refractivity contribution is 9.10. The zero-order valence-electron chi connectivity index (χ0n) is 12.0. The Morgan fingerprint density at radius 3 is 2.71 bits per heavy atom. The fourth-order valence-corrected chi connectivity index (χ4v) is 2.42. The number of carbonyl (C=O) groups is 1. The predicted molar refractivity (Wildman–Crippen MR) is 85.2 cm³/mol. The van der Waals surface area contributed by atoms with Crippen molar-refractivity contribution in [3.8, 4) is 5.75 Å². The first kappa shape index (κ1) is 15.5. The van der Waals surface area contributed by atoms with E-state index in [1.54, 1.807) is 17.0 Å². The average molecular weight is 349 g/mol. The minimum absolute atomic E-state index is 0.0231. The summed E-state index contributed by atoms with van der Waals surface area (Å²) in [6.45, 7) is 4.79. The summed E-state index contributed by atoms with van der Waals surface area (Å²) in [4.78, 5) is 18.6. The summed E-state index contributed by atoms with van der Waals surface area (Å²) in [7, 11) is 0. The number of aryl methyl sites for hydroxylation is 1. The lowest BCUT2D eigenvalue weighted by Gasteiger charge is -2.21. The van der Waals surface area contributed by atoms with Gasteiger partial charge in [0.15, 0.2) is 0 Å². The summed E-state index contributed by atoms with van der Waals surface area (Å²) < 4.78 is 0.736. The molecule has 0 aliphatic rings. The van der Waals surface area contributed by atoms with Crippen LogP contribution in [0.25, 0.3) is 0 Å². The number of aromatic nitrogens is 1. The van der Waals surface area contributed by atoms with Crippen molar-refractivity contribution in [2.24, 2.45) is 0 Å². The molecule has 4 nitrogen and oxygen atoms in total. The maximum atomic E-state index is 12.5. The van der Waals surface area contributed by atoms with E-state index in [-0.39, 0.29) is 11.7 Å². The molecule has 110 valence electrons. The number of benzene rings is 1. The van der Waals surface area contributed by atoms with Crippen molar-refractivity contribution in [1.82, 2.24) is 9.88 Å². The molecule has 1 amide bonds. The highest BCUT2D eigenvalue weighted by atomic mass is 79.9. The van der Waals surface area contributed by atoms with Crippen molar-refractivity contribution in [3.05, 3.63) is 57.8 Å². The van der Waals surface area contributed by atoms with Gasteiger partial charge in [0.1, 0.15) is 5.75 Å². The molecule has 2 aromatic rings. The van der Waals surface area contributed by atoms with Crippen molar-refractivity contribution in [1.29, 1.82) is 0 Å². The van der Waals surface area contributed by atoms with Gasteiger partial charge in [0.05, 0.1) is 17.8 Å². The van der Waals surface area contributed by atoms with Crippen LogP contribution in [0.3, 0.4) is 0 Å². The molecule has 21 heavy (non-hydrogen) atoms. The number of carbonyl (C=O) groups excluding carboxylic acids is 1. The van der Waals surface area contributed by atoms with Gasteiger partial charge in [-0.2, -0.15) is 0 Å². The van der Waals surface area contributed by atoms with Crippen LogP contribution in [0.5, 0.6) is 5.75 Å². The van der Waals surface area contributed by atoms with E-state index in [4.69, 9.17) is 0 Å². The smallest absolute Gasteiger partial charge is 0.257 e. The van der Waals surface area contributed by atoms with Crippen LogP contribution in [0.15, 0.2) is 40.9 Å². The lowest BCUT2D eigenvalue weighted by molar-refractivity contribution is 0.0747. The Balaban J connectivity index is 2.22. The zero-order chi connectivity index (χ0) is 15.4. The topological polar surface area (TPSA) is 53.4 Å². The average Bonchev–Trinajstić information content (AvgIpc) is 2.44. The van der Waals surface area contributed by atoms with Crippen molar-refractivity contribution >= 4 is 21.8 Å². The second-order valence-electron chi connectivity index (χ2n) is 4.75. The predicted octanol–water partition coefficient (Wildman–Crippen LogP) is 3.52. The number of rotatable bonds is 4. The van der Waals surface area contributed by atoms with E-state index in [2.05, 4.69) is 20.9 Å². The summed E-state index contributed by atoms with van der Waals surface area (Å²) >= 11 is 3.27. The van der Waals surface area contributed by atoms with Gasteiger partial charge in [0, 0.05) is 16.7 Å². The Labute approximate surface area is 132 Å². The Morgan fingerprint density at radius 2 is 2.10 bits per heavy atom. The summed E-state index contributed by atoms with van der Waals surface area (Å²) in [5, 5.41) is 9.92. The number of hydrogen-bond acceptors (Lipinski definition) is 3. The first-order valence-corrected chi connectivity index (χ1v) is 7.51. The van der Waals surface area contributed by atoms with Crippen molar-refractivity contribution < 1.29 is 9.90 Å². The Morgan fingerprint density at radius 1 is 1.33 bits per heavy atom. The minimum atomic E-state index is -0.203. The molecule has 1 aromatic carbocycles. The third-order valence-electron chi connectivity index (χ3n) is 3.16. The molecular formula is C16H17BrN2O2. The highest BCUT2D eigenvalue weighted by Gasteiger charge is 2.18. The molecule has 0 spiro atoms. The maximum Gasteiger partial charge on any atom is 0.257 e. The monoisotopic (exact) mass is 348 g/mol. The van der Waals surface area contributed by atoms with Gasteiger partial charge in [0.2, 0.25) is 0 Å². The Bertz CT molecular complexity index is 658. The SMILES string of the molecule is CCN(Cc1cccc(C)n1)C(=O)c1ccc(Br)cc1O. The van der Waals surface area contributed by atoms with Gasteiger partial charge in [0.25, 0.3) is 5.91 Å². The highest BCUT2D eigenvalue weighted by Crippen LogP contribution is 2.24. The van der Waals surface area contributed by atoms with Crippen LogP contribution in [0, 0.1) is 6.92 Å².